The standard InChI is InChI=1S/C25H25ClN6O3/c1-5-30(6-2)18-8-10-23(16(4)11-18)31-28-21-12-15(3)20(14-22(21)29-31)27-25(33)17-7-9-19(26)24(13-17)32(34)35/h7-14H,5-6H2,1-4H3,(H,27,33). The number of nitro benzene ring substituents is 1. The summed E-state index contributed by atoms with van der Waals surface area (Å²) in [5, 5.41) is 23.2. The van der Waals surface area contributed by atoms with Gasteiger partial charge in [-0.15, -0.1) is 10.2 Å². The Hall–Kier alpha value is -3.98. The molecule has 35 heavy (non-hydrogen) atoms. The Morgan fingerprint density at radius 2 is 1.71 bits per heavy atom. The van der Waals surface area contributed by atoms with Gasteiger partial charge >= 0.3 is 0 Å². The molecular weight excluding hydrogens is 468 g/mol. The zero-order valence-electron chi connectivity index (χ0n) is 19.9. The van der Waals surface area contributed by atoms with Crippen LogP contribution < -0.4 is 10.2 Å². The third-order valence-electron chi connectivity index (χ3n) is 5.90. The molecule has 0 saturated carbocycles. The topological polar surface area (TPSA) is 106 Å². The number of amides is 1. The van der Waals surface area contributed by atoms with Crippen LogP contribution in [-0.2, 0) is 0 Å². The number of anilines is 2. The highest BCUT2D eigenvalue weighted by molar-refractivity contribution is 6.32. The van der Waals surface area contributed by atoms with Crippen LogP contribution in [0.4, 0.5) is 17.1 Å². The number of nitro groups is 1. The summed E-state index contributed by atoms with van der Waals surface area (Å²) in [5.41, 5.74) is 5.50. The zero-order valence-corrected chi connectivity index (χ0v) is 20.6. The number of carbonyl (C=O) groups is 1. The van der Waals surface area contributed by atoms with Crippen LogP contribution in [0.25, 0.3) is 16.7 Å². The van der Waals surface area contributed by atoms with E-state index in [1.54, 1.807) is 10.9 Å². The molecule has 180 valence electrons. The maximum Gasteiger partial charge on any atom is 0.288 e. The molecule has 0 fully saturated rings. The van der Waals surface area contributed by atoms with Crippen molar-refractivity contribution in [3.8, 4) is 5.69 Å². The van der Waals surface area contributed by atoms with Crippen molar-refractivity contribution in [2.75, 3.05) is 23.3 Å². The molecule has 0 atom stereocenters. The predicted octanol–water partition coefficient (Wildman–Crippen LogP) is 5.70. The van der Waals surface area contributed by atoms with E-state index in [1.807, 2.05) is 26.0 Å². The molecule has 0 unspecified atom stereocenters. The van der Waals surface area contributed by atoms with Crippen molar-refractivity contribution in [2.24, 2.45) is 0 Å². The summed E-state index contributed by atoms with van der Waals surface area (Å²) >= 11 is 5.86. The van der Waals surface area contributed by atoms with Gasteiger partial charge in [0.05, 0.1) is 10.6 Å². The monoisotopic (exact) mass is 492 g/mol. The van der Waals surface area contributed by atoms with Crippen molar-refractivity contribution in [1.82, 2.24) is 15.0 Å². The van der Waals surface area contributed by atoms with Gasteiger partial charge in [-0.25, -0.2) is 0 Å². The summed E-state index contributed by atoms with van der Waals surface area (Å²) in [5.74, 6) is -0.484. The number of nitrogens with one attached hydrogen (secondary N) is 1. The molecule has 9 nitrogen and oxygen atoms in total. The van der Waals surface area contributed by atoms with Gasteiger partial charge in [-0.1, -0.05) is 11.6 Å². The lowest BCUT2D eigenvalue weighted by molar-refractivity contribution is -0.384. The highest BCUT2D eigenvalue weighted by atomic mass is 35.5. The van der Waals surface area contributed by atoms with Crippen molar-refractivity contribution >= 4 is 45.6 Å². The van der Waals surface area contributed by atoms with Crippen LogP contribution in [0.5, 0.6) is 0 Å². The van der Waals surface area contributed by atoms with Gasteiger partial charge in [0.2, 0.25) is 0 Å². The first-order chi connectivity index (χ1) is 16.7. The SMILES string of the molecule is CCN(CC)c1ccc(-n2nc3cc(C)c(NC(=O)c4ccc(Cl)c([N+](=O)[O-])c4)cc3n2)c(C)c1. The molecule has 0 aliphatic rings. The third kappa shape index (κ3) is 4.81. The van der Waals surface area contributed by atoms with Gasteiger partial charge < -0.3 is 10.2 Å². The van der Waals surface area contributed by atoms with E-state index >= 15 is 0 Å². The second kappa shape index (κ2) is 9.71. The van der Waals surface area contributed by atoms with E-state index in [4.69, 9.17) is 11.6 Å². The van der Waals surface area contributed by atoms with Gasteiger partial charge in [0, 0.05) is 36.1 Å². The van der Waals surface area contributed by atoms with Crippen LogP contribution in [0.15, 0.2) is 48.5 Å². The first-order valence-electron chi connectivity index (χ1n) is 11.2. The van der Waals surface area contributed by atoms with Gasteiger partial charge in [0.15, 0.2) is 0 Å². The van der Waals surface area contributed by atoms with Crippen molar-refractivity contribution in [3.05, 3.63) is 80.4 Å². The average molecular weight is 493 g/mol. The number of benzene rings is 3. The van der Waals surface area contributed by atoms with Crippen LogP contribution in [0.1, 0.15) is 35.3 Å². The Bertz CT molecular complexity index is 1440. The first kappa shape index (κ1) is 24.2. The minimum atomic E-state index is -0.620. The van der Waals surface area contributed by atoms with Crippen molar-refractivity contribution < 1.29 is 9.72 Å². The summed E-state index contributed by atoms with van der Waals surface area (Å²) in [6.45, 7) is 9.98. The third-order valence-corrected chi connectivity index (χ3v) is 6.22. The highest BCUT2D eigenvalue weighted by Gasteiger charge is 2.18. The maximum atomic E-state index is 12.8. The fourth-order valence-corrected chi connectivity index (χ4v) is 4.13. The molecule has 0 radical (unpaired) electrons. The molecule has 0 spiro atoms. The fraction of sp³-hybridized carbons (Fsp3) is 0.240. The van der Waals surface area contributed by atoms with Gasteiger partial charge in [-0.05, 0) is 81.3 Å². The number of aryl methyl sites for hydroxylation is 2. The Morgan fingerprint density at radius 1 is 1.03 bits per heavy atom. The van der Waals surface area contributed by atoms with Gasteiger partial charge in [-0.3, -0.25) is 14.9 Å². The van der Waals surface area contributed by atoms with Crippen molar-refractivity contribution in [3.63, 3.8) is 0 Å². The molecule has 1 N–H and O–H groups in total. The van der Waals surface area contributed by atoms with Crippen LogP contribution in [0.3, 0.4) is 0 Å². The van der Waals surface area contributed by atoms with E-state index < -0.39 is 10.8 Å². The molecule has 1 amide bonds. The van der Waals surface area contributed by atoms with Crippen LogP contribution >= 0.6 is 11.6 Å². The molecule has 0 bridgehead atoms. The maximum absolute atomic E-state index is 12.8. The lowest BCUT2D eigenvalue weighted by Gasteiger charge is -2.22. The van der Waals surface area contributed by atoms with Gasteiger partial charge in [0.1, 0.15) is 16.1 Å². The Morgan fingerprint density at radius 3 is 2.34 bits per heavy atom. The smallest absolute Gasteiger partial charge is 0.288 e. The number of hydrogen-bond donors (Lipinski definition) is 1. The van der Waals surface area contributed by atoms with Crippen LogP contribution in [0.2, 0.25) is 5.02 Å². The van der Waals surface area contributed by atoms with Crippen molar-refractivity contribution in [2.45, 2.75) is 27.7 Å². The van der Waals surface area contributed by atoms with E-state index in [2.05, 4.69) is 46.4 Å². The molecular formula is C25H25ClN6O3. The average Bonchev–Trinajstić information content (AvgIpc) is 3.22. The molecule has 1 aromatic heterocycles. The molecule has 4 rings (SSSR count). The minimum absolute atomic E-state index is 0.0267. The number of fused-ring (bicyclic) bond motifs is 1. The van der Waals surface area contributed by atoms with E-state index in [0.717, 1.165) is 41.7 Å². The summed E-state index contributed by atoms with van der Waals surface area (Å²) in [6.07, 6.45) is 0. The van der Waals surface area contributed by atoms with Crippen molar-refractivity contribution in [1.29, 1.82) is 0 Å². The molecule has 0 aliphatic heterocycles. The Kier molecular flexibility index (Phi) is 6.70. The molecule has 10 heteroatoms. The molecule has 0 saturated heterocycles. The van der Waals surface area contributed by atoms with Crippen LogP contribution in [0, 0.1) is 24.0 Å². The minimum Gasteiger partial charge on any atom is -0.372 e. The summed E-state index contributed by atoms with van der Waals surface area (Å²) in [7, 11) is 0. The van der Waals surface area contributed by atoms with Crippen LogP contribution in [-0.4, -0.2) is 38.9 Å². The van der Waals surface area contributed by atoms with E-state index in [1.165, 1.54) is 12.1 Å². The largest absolute Gasteiger partial charge is 0.372 e. The lowest BCUT2D eigenvalue weighted by atomic mass is 10.1. The number of halogens is 1. The van der Waals surface area contributed by atoms with Gasteiger partial charge in [0.25, 0.3) is 11.6 Å². The van der Waals surface area contributed by atoms with E-state index in [9.17, 15) is 14.9 Å². The summed E-state index contributed by atoms with van der Waals surface area (Å²) in [6, 6.07) is 13.7. The molecule has 1 heterocycles. The molecule has 3 aromatic carbocycles. The quantitative estimate of drug-likeness (QED) is 0.262. The normalized spacial score (nSPS) is 11.0. The summed E-state index contributed by atoms with van der Waals surface area (Å²) < 4.78 is 0. The number of rotatable bonds is 7. The second-order valence-electron chi connectivity index (χ2n) is 8.17. The number of hydrogen-bond acceptors (Lipinski definition) is 6. The fourth-order valence-electron chi connectivity index (χ4n) is 3.95. The number of aromatic nitrogens is 3. The van der Waals surface area contributed by atoms with E-state index in [0.29, 0.717) is 16.7 Å². The predicted molar refractivity (Wildman–Crippen MR) is 138 cm³/mol. The lowest BCUT2D eigenvalue weighted by Crippen LogP contribution is -2.21. The molecule has 4 aromatic rings. The number of nitrogens with zero attached hydrogens (tertiary/aromatic N) is 5. The second-order valence-corrected chi connectivity index (χ2v) is 8.57. The number of carbonyl (C=O) groups excluding carboxylic acids is 1. The Balaban J connectivity index is 1.64. The zero-order chi connectivity index (χ0) is 25.3. The summed E-state index contributed by atoms with van der Waals surface area (Å²) in [4.78, 5) is 27.2. The molecule has 0 aliphatic carbocycles. The highest BCUT2D eigenvalue weighted by Crippen LogP contribution is 2.28. The Labute approximate surface area is 207 Å². The van der Waals surface area contributed by atoms with E-state index in [-0.39, 0.29) is 16.3 Å². The van der Waals surface area contributed by atoms with Gasteiger partial charge in [-0.2, -0.15) is 4.80 Å². The first-order valence-corrected chi connectivity index (χ1v) is 11.6.